The molecular formula is C13H20Cl3F3N4O. The molecule has 4 N–H and O–H groups in total. The molecule has 0 atom stereocenters. The van der Waals surface area contributed by atoms with Gasteiger partial charge in [0.1, 0.15) is 5.82 Å². The Balaban J connectivity index is 0. The van der Waals surface area contributed by atoms with Crippen molar-refractivity contribution in [1.29, 1.82) is 0 Å². The van der Waals surface area contributed by atoms with Crippen LogP contribution in [0.15, 0.2) is 12.3 Å². The Bertz CT molecular complexity index is 504. The number of carbonyl (C=O) groups excluding carboxylic acids is 1. The molecule has 0 aromatic carbocycles. The van der Waals surface area contributed by atoms with Crippen LogP contribution in [0.25, 0.3) is 0 Å². The monoisotopic (exact) mass is 410 g/mol. The van der Waals surface area contributed by atoms with Gasteiger partial charge in [0.15, 0.2) is 0 Å². The largest absolute Gasteiger partial charge is 0.417 e. The lowest BCUT2D eigenvalue weighted by Crippen LogP contribution is -2.26. The number of halogens is 6. The van der Waals surface area contributed by atoms with E-state index in [2.05, 4.69) is 15.6 Å². The average molecular weight is 412 g/mol. The predicted molar refractivity (Wildman–Crippen MR) is 93.1 cm³/mol. The van der Waals surface area contributed by atoms with E-state index < -0.39 is 11.7 Å². The van der Waals surface area contributed by atoms with Crippen LogP contribution in [0.4, 0.5) is 19.0 Å². The van der Waals surface area contributed by atoms with Crippen LogP contribution in [0.5, 0.6) is 0 Å². The van der Waals surface area contributed by atoms with Crippen LogP contribution < -0.4 is 16.4 Å². The maximum absolute atomic E-state index is 12.5. The minimum Gasteiger partial charge on any atom is -0.368 e. The van der Waals surface area contributed by atoms with Crippen LogP contribution in [0.1, 0.15) is 24.8 Å². The SMILES string of the molecule is Cl.Cl.NCCCCNC(=O)CCNc1ncc(C(F)(F)F)cc1Cl. The third kappa shape index (κ3) is 9.36. The van der Waals surface area contributed by atoms with E-state index in [1.165, 1.54) is 0 Å². The Morgan fingerprint density at radius 1 is 1.25 bits per heavy atom. The summed E-state index contributed by atoms with van der Waals surface area (Å²) in [5.74, 6) is -0.0434. The molecule has 24 heavy (non-hydrogen) atoms. The number of hydrogen-bond donors (Lipinski definition) is 3. The van der Waals surface area contributed by atoms with E-state index >= 15 is 0 Å². The summed E-state index contributed by atoms with van der Waals surface area (Å²) >= 11 is 5.73. The highest BCUT2D eigenvalue weighted by atomic mass is 35.5. The molecule has 1 rings (SSSR count). The van der Waals surface area contributed by atoms with Crippen molar-refractivity contribution in [1.82, 2.24) is 10.3 Å². The number of amides is 1. The molecule has 1 amide bonds. The minimum atomic E-state index is -4.49. The van der Waals surface area contributed by atoms with Crippen LogP contribution in [0.2, 0.25) is 5.02 Å². The second kappa shape index (κ2) is 12.4. The molecule has 0 radical (unpaired) electrons. The van der Waals surface area contributed by atoms with Crippen molar-refractivity contribution in [3.8, 4) is 0 Å². The van der Waals surface area contributed by atoms with Crippen LogP contribution in [0.3, 0.4) is 0 Å². The average Bonchev–Trinajstić information content (AvgIpc) is 2.44. The zero-order valence-corrected chi connectivity index (χ0v) is 15.0. The lowest BCUT2D eigenvalue weighted by molar-refractivity contribution is -0.137. The molecule has 1 aromatic heterocycles. The van der Waals surface area contributed by atoms with Gasteiger partial charge in [-0.05, 0) is 25.5 Å². The molecule has 0 unspecified atom stereocenters. The number of nitrogens with zero attached hydrogens (tertiary/aromatic N) is 1. The number of rotatable bonds is 8. The van der Waals surface area contributed by atoms with E-state index in [0.29, 0.717) is 19.3 Å². The van der Waals surface area contributed by atoms with Gasteiger partial charge >= 0.3 is 6.18 Å². The van der Waals surface area contributed by atoms with E-state index in [1.807, 2.05) is 0 Å². The summed E-state index contributed by atoms with van der Waals surface area (Å²) < 4.78 is 37.4. The number of nitrogens with one attached hydrogen (secondary N) is 2. The molecule has 0 fully saturated rings. The Morgan fingerprint density at radius 2 is 1.92 bits per heavy atom. The van der Waals surface area contributed by atoms with Gasteiger partial charge in [0.2, 0.25) is 5.91 Å². The number of nitrogens with two attached hydrogens (primary N) is 1. The zero-order chi connectivity index (χ0) is 16.6. The van der Waals surface area contributed by atoms with Gasteiger partial charge < -0.3 is 16.4 Å². The van der Waals surface area contributed by atoms with Crippen molar-refractivity contribution < 1.29 is 18.0 Å². The molecule has 0 aliphatic carbocycles. The number of pyridine rings is 1. The Labute approximate surface area is 155 Å². The fraction of sp³-hybridized carbons (Fsp3) is 0.538. The third-order valence-electron chi connectivity index (χ3n) is 2.77. The van der Waals surface area contributed by atoms with Gasteiger partial charge in [-0.3, -0.25) is 4.79 Å². The number of aromatic nitrogens is 1. The lowest BCUT2D eigenvalue weighted by atomic mass is 10.2. The van der Waals surface area contributed by atoms with Crippen LogP contribution >= 0.6 is 36.4 Å². The Morgan fingerprint density at radius 3 is 2.46 bits per heavy atom. The molecule has 1 heterocycles. The molecule has 0 saturated heterocycles. The first-order chi connectivity index (χ1) is 10.3. The summed E-state index contributed by atoms with van der Waals surface area (Å²) in [4.78, 5) is 15.1. The fourth-order valence-corrected chi connectivity index (χ4v) is 1.84. The normalized spacial score (nSPS) is 10.4. The fourth-order valence-electron chi connectivity index (χ4n) is 1.60. The van der Waals surface area contributed by atoms with Crippen molar-refractivity contribution in [3.63, 3.8) is 0 Å². The zero-order valence-electron chi connectivity index (χ0n) is 12.7. The molecule has 0 spiro atoms. The summed E-state index contributed by atoms with van der Waals surface area (Å²) in [6.45, 7) is 1.35. The number of anilines is 1. The highest BCUT2D eigenvalue weighted by Gasteiger charge is 2.31. The van der Waals surface area contributed by atoms with Gasteiger partial charge in [-0.25, -0.2) is 4.98 Å². The highest BCUT2D eigenvalue weighted by molar-refractivity contribution is 6.32. The third-order valence-corrected chi connectivity index (χ3v) is 3.05. The number of unbranched alkanes of at least 4 members (excludes halogenated alkanes) is 1. The Kier molecular flexibility index (Phi) is 13.1. The summed E-state index contributed by atoms with van der Waals surface area (Å²) in [5, 5.41) is 5.30. The molecule has 0 bridgehead atoms. The molecule has 5 nitrogen and oxygen atoms in total. The van der Waals surface area contributed by atoms with Gasteiger partial charge in [0.25, 0.3) is 0 Å². The van der Waals surface area contributed by atoms with Crippen molar-refractivity contribution in [2.45, 2.75) is 25.4 Å². The van der Waals surface area contributed by atoms with Gasteiger partial charge in [0, 0.05) is 25.7 Å². The Hall–Kier alpha value is -0.960. The quantitative estimate of drug-likeness (QED) is 0.574. The van der Waals surface area contributed by atoms with E-state index in [1.54, 1.807) is 0 Å². The van der Waals surface area contributed by atoms with E-state index in [4.69, 9.17) is 17.3 Å². The van der Waals surface area contributed by atoms with Crippen LogP contribution in [0, 0.1) is 0 Å². The molecule has 0 aliphatic rings. The predicted octanol–water partition coefficient (Wildman–Crippen LogP) is 3.25. The smallest absolute Gasteiger partial charge is 0.368 e. The summed E-state index contributed by atoms with van der Waals surface area (Å²) in [6, 6.07) is 0.795. The van der Waals surface area contributed by atoms with Crippen LogP contribution in [-0.4, -0.2) is 30.5 Å². The number of hydrogen-bond acceptors (Lipinski definition) is 4. The van der Waals surface area contributed by atoms with Gasteiger partial charge in [-0.15, -0.1) is 24.8 Å². The van der Waals surface area contributed by atoms with Gasteiger partial charge in [-0.2, -0.15) is 13.2 Å². The van der Waals surface area contributed by atoms with E-state index in [9.17, 15) is 18.0 Å². The molecule has 140 valence electrons. The summed E-state index contributed by atoms with van der Waals surface area (Å²) in [6.07, 6.45) is -1.98. The molecule has 1 aromatic rings. The number of carbonyl (C=O) groups is 1. The summed E-state index contributed by atoms with van der Waals surface area (Å²) in [5.41, 5.74) is 4.41. The lowest BCUT2D eigenvalue weighted by Gasteiger charge is -2.11. The summed E-state index contributed by atoms with van der Waals surface area (Å²) in [7, 11) is 0. The van der Waals surface area contributed by atoms with Gasteiger partial charge in [0.05, 0.1) is 10.6 Å². The van der Waals surface area contributed by atoms with Gasteiger partial charge in [-0.1, -0.05) is 11.6 Å². The van der Waals surface area contributed by atoms with E-state index in [-0.39, 0.29) is 54.5 Å². The van der Waals surface area contributed by atoms with E-state index in [0.717, 1.165) is 18.9 Å². The molecule has 11 heteroatoms. The van der Waals surface area contributed by atoms with Crippen molar-refractivity contribution in [3.05, 3.63) is 22.8 Å². The first kappa shape index (κ1) is 25.3. The standard InChI is InChI=1S/C13H18ClF3N4O.2ClH/c14-10-7-9(13(15,16)17)8-21-12(10)20-6-3-11(22)19-5-2-1-4-18;;/h7-8H,1-6,18H2,(H,19,22)(H,20,21);2*1H. The van der Waals surface area contributed by atoms with Crippen molar-refractivity contribution in [2.24, 2.45) is 5.73 Å². The molecule has 0 saturated carbocycles. The second-order valence-electron chi connectivity index (χ2n) is 4.57. The number of alkyl halides is 3. The maximum Gasteiger partial charge on any atom is 0.417 e. The van der Waals surface area contributed by atoms with Crippen LogP contribution in [-0.2, 0) is 11.0 Å². The topological polar surface area (TPSA) is 80.0 Å². The van der Waals surface area contributed by atoms with Crippen molar-refractivity contribution >= 4 is 48.1 Å². The first-order valence-corrected chi connectivity index (χ1v) is 7.15. The first-order valence-electron chi connectivity index (χ1n) is 6.78. The minimum absolute atomic E-state index is 0. The maximum atomic E-state index is 12.5. The highest BCUT2D eigenvalue weighted by Crippen LogP contribution is 2.32. The van der Waals surface area contributed by atoms with Crippen molar-refractivity contribution in [2.75, 3.05) is 25.0 Å². The molecular weight excluding hydrogens is 392 g/mol. The second-order valence-corrected chi connectivity index (χ2v) is 4.98. The molecule has 0 aliphatic heterocycles.